The van der Waals surface area contributed by atoms with Crippen LogP contribution >= 0.6 is 11.3 Å². The number of nitrogens with one attached hydrogen (secondary N) is 1. The molecule has 0 bridgehead atoms. The predicted octanol–water partition coefficient (Wildman–Crippen LogP) is 3.95. The highest BCUT2D eigenvalue weighted by molar-refractivity contribution is 7.15. The molecule has 5 aromatic rings. The molecule has 3 aromatic heterocycles. The van der Waals surface area contributed by atoms with Gasteiger partial charge < -0.3 is 10.1 Å². The number of anilines is 1. The lowest BCUT2D eigenvalue weighted by atomic mass is 10.1. The van der Waals surface area contributed by atoms with E-state index in [1.807, 2.05) is 76.8 Å². The lowest BCUT2D eigenvalue weighted by Gasteiger charge is -2.09. The van der Waals surface area contributed by atoms with Gasteiger partial charge in [-0.15, -0.1) is 11.3 Å². The van der Waals surface area contributed by atoms with Crippen molar-refractivity contribution < 1.29 is 9.53 Å². The summed E-state index contributed by atoms with van der Waals surface area (Å²) in [5.41, 5.74) is 2.29. The number of carbonyl (C=O) groups excluding carboxylic acids is 1. The summed E-state index contributed by atoms with van der Waals surface area (Å²) in [7, 11) is 0. The quantitative estimate of drug-likeness (QED) is 0.400. The maximum Gasteiger partial charge on any atom is 0.276 e. The van der Waals surface area contributed by atoms with Crippen LogP contribution < -0.4 is 15.6 Å². The molecule has 0 saturated heterocycles. The molecule has 164 valence electrons. The number of thiazole rings is 1. The van der Waals surface area contributed by atoms with Crippen molar-refractivity contribution >= 4 is 27.9 Å². The second kappa shape index (κ2) is 9.09. The van der Waals surface area contributed by atoms with Gasteiger partial charge in [0.1, 0.15) is 18.1 Å². The van der Waals surface area contributed by atoms with Crippen LogP contribution in [0.5, 0.6) is 5.75 Å². The zero-order chi connectivity index (χ0) is 22.6. The molecule has 8 nitrogen and oxygen atoms in total. The summed E-state index contributed by atoms with van der Waals surface area (Å²) in [5.74, 6) is 0.307. The van der Waals surface area contributed by atoms with E-state index in [9.17, 15) is 9.59 Å². The number of aromatic nitrogens is 4. The molecule has 0 spiro atoms. The van der Waals surface area contributed by atoms with Gasteiger partial charge in [0.2, 0.25) is 0 Å². The molecule has 3 heterocycles. The van der Waals surface area contributed by atoms with Crippen molar-refractivity contribution in [3.05, 3.63) is 101 Å². The predicted molar refractivity (Wildman–Crippen MR) is 127 cm³/mol. The fourth-order valence-corrected chi connectivity index (χ4v) is 3.98. The van der Waals surface area contributed by atoms with Crippen LogP contribution in [0.3, 0.4) is 0 Å². The van der Waals surface area contributed by atoms with E-state index >= 15 is 0 Å². The third kappa shape index (κ3) is 4.68. The standard InChI is InChI=1S/C24H19N5O3S/c30-22-11-10-20(27-29(22)12-14-32-19-4-2-1-3-5-19)23(31)25-18-8-6-17(7-9-18)21-16-28-13-15-33-24(28)26-21/h1-11,13,15-16H,12,14H2,(H,25,31). The molecule has 1 N–H and O–H groups in total. The number of nitrogens with zero attached hydrogens (tertiary/aromatic N) is 4. The van der Waals surface area contributed by atoms with Gasteiger partial charge >= 0.3 is 0 Å². The number of benzene rings is 2. The number of para-hydroxylation sites is 1. The Morgan fingerprint density at radius 3 is 2.64 bits per heavy atom. The second-order valence-electron chi connectivity index (χ2n) is 7.19. The van der Waals surface area contributed by atoms with E-state index in [0.717, 1.165) is 16.2 Å². The molecule has 1 amide bonds. The third-order valence-electron chi connectivity index (χ3n) is 4.95. The highest BCUT2D eigenvalue weighted by Crippen LogP contribution is 2.23. The summed E-state index contributed by atoms with van der Waals surface area (Å²) >= 11 is 1.57. The van der Waals surface area contributed by atoms with Crippen molar-refractivity contribution in [3.63, 3.8) is 0 Å². The summed E-state index contributed by atoms with van der Waals surface area (Å²) in [6.45, 7) is 0.487. The fourth-order valence-electron chi connectivity index (χ4n) is 3.28. The molecule has 9 heteroatoms. The second-order valence-corrected chi connectivity index (χ2v) is 8.06. The first-order valence-electron chi connectivity index (χ1n) is 10.3. The molecular weight excluding hydrogens is 438 g/mol. The molecular formula is C24H19N5O3S. The number of hydrogen-bond donors (Lipinski definition) is 1. The van der Waals surface area contributed by atoms with E-state index in [2.05, 4.69) is 15.4 Å². The van der Waals surface area contributed by atoms with Gasteiger partial charge in [-0.25, -0.2) is 9.67 Å². The van der Waals surface area contributed by atoms with Crippen LogP contribution in [0.2, 0.25) is 0 Å². The molecule has 2 aromatic carbocycles. The molecule has 0 aliphatic heterocycles. The Balaban J connectivity index is 1.24. The summed E-state index contributed by atoms with van der Waals surface area (Å²) in [6, 6.07) is 19.5. The average molecular weight is 458 g/mol. The minimum atomic E-state index is -0.400. The van der Waals surface area contributed by atoms with Gasteiger partial charge in [0.05, 0.1) is 12.2 Å². The van der Waals surface area contributed by atoms with Gasteiger partial charge in [-0.05, 0) is 30.3 Å². The number of hydrogen-bond acceptors (Lipinski definition) is 6. The number of imidazole rings is 1. The van der Waals surface area contributed by atoms with E-state index in [4.69, 9.17) is 4.74 Å². The van der Waals surface area contributed by atoms with Crippen LogP contribution in [0, 0.1) is 0 Å². The SMILES string of the molecule is O=C(Nc1ccc(-c2cn3ccsc3n2)cc1)c1ccc(=O)n(CCOc2ccccc2)n1. The first-order chi connectivity index (χ1) is 16.2. The normalized spacial score (nSPS) is 10.9. The molecule has 0 fully saturated rings. The molecule has 33 heavy (non-hydrogen) atoms. The molecule has 0 saturated carbocycles. The van der Waals surface area contributed by atoms with Crippen LogP contribution in [-0.4, -0.2) is 31.7 Å². The van der Waals surface area contributed by atoms with Crippen LogP contribution in [0.15, 0.2) is 89.3 Å². The minimum absolute atomic E-state index is 0.146. The van der Waals surface area contributed by atoms with E-state index in [0.29, 0.717) is 11.4 Å². The Bertz CT molecular complexity index is 1430. The maximum absolute atomic E-state index is 12.7. The van der Waals surface area contributed by atoms with Crippen LogP contribution in [-0.2, 0) is 6.54 Å². The third-order valence-corrected chi connectivity index (χ3v) is 5.72. The van der Waals surface area contributed by atoms with Crippen LogP contribution in [0.1, 0.15) is 10.5 Å². The highest BCUT2D eigenvalue weighted by atomic mass is 32.1. The Kier molecular flexibility index (Phi) is 5.69. The summed E-state index contributed by atoms with van der Waals surface area (Å²) in [4.78, 5) is 30.3. The van der Waals surface area contributed by atoms with Gasteiger partial charge in [0, 0.05) is 35.1 Å². The van der Waals surface area contributed by atoms with Crippen molar-refractivity contribution in [1.29, 1.82) is 0 Å². The topological polar surface area (TPSA) is 90.5 Å². The zero-order valence-electron chi connectivity index (χ0n) is 17.4. The van der Waals surface area contributed by atoms with Crippen molar-refractivity contribution in [2.75, 3.05) is 11.9 Å². The van der Waals surface area contributed by atoms with Crippen molar-refractivity contribution in [2.45, 2.75) is 6.54 Å². The highest BCUT2D eigenvalue weighted by Gasteiger charge is 2.11. The molecule has 0 aliphatic rings. The molecule has 0 aliphatic carbocycles. The Morgan fingerprint density at radius 2 is 1.85 bits per heavy atom. The first-order valence-corrected chi connectivity index (χ1v) is 11.1. The van der Waals surface area contributed by atoms with E-state index < -0.39 is 5.91 Å². The Morgan fingerprint density at radius 1 is 1.03 bits per heavy atom. The summed E-state index contributed by atoms with van der Waals surface area (Å²) in [6.07, 6.45) is 3.93. The van der Waals surface area contributed by atoms with Crippen LogP contribution in [0.25, 0.3) is 16.2 Å². The lowest BCUT2D eigenvalue weighted by molar-refractivity contribution is 0.101. The summed E-state index contributed by atoms with van der Waals surface area (Å²) in [5, 5.41) is 8.98. The smallest absolute Gasteiger partial charge is 0.276 e. The number of carbonyl (C=O) groups is 1. The van der Waals surface area contributed by atoms with E-state index in [1.54, 1.807) is 11.3 Å². The molecule has 0 radical (unpaired) electrons. The monoisotopic (exact) mass is 457 g/mol. The molecule has 0 atom stereocenters. The van der Waals surface area contributed by atoms with Gasteiger partial charge in [0.15, 0.2) is 4.96 Å². The maximum atomic E-state index is 12.7. The van der Waals surface area contributed by atoms with Gasteiger partial charge in [0.25, 0.3) is 11.5 Å². The number of amides is 1. The Hall–Kier alpha value is -4.24. The largest absolute Gasteiger partial charge is 0.492 e. The van der Waals surface area contributed by atoms with Gasteiger partial charge in [-0.3, -0.25) is 14.0 Å². The molecule has 5 rings (SSSR count). The number of ether oxygens (including phenoxy) is 1. The van der Waals surface area contributed by atoms with E-state index in [1.165, 1.54) is 16.8 Å². The van der Waals surface area contributed by atoms with Crippen molar-refractivity contribution in [1.82, 2.24) is 19.2 Å². The summed E-state index contributed by atoms with van der Waals surface area (Å²) < 4.78 is 8.82. The average Bonchev–Trinajstić information content (AvgIpc) is 3.44. The Labute approximate surface area is 192 Å². The van der Waals surface area contributed by atoms with Crippen molar-refractivity contribution in [2.24, 2.45) is 0 Å². The van der Waals surface area contributed by atoms with E-state index in [-0.39, 0.29) is 24.4 Å². The first kappa shape index (κ1) is 20.7. The zero-order valence-corrected chi connectivity index (χ0v) is 18.2. The molecule has 0 unspecified atom stereocenters. The van der Waals surface area contributed by atoms with Gasteiger partial charge in [-0.2, -0.15) is 5.10 Å². The lowest BCUT2D eigenvalue weighted by Crippen LogP contribution is -2.28. The number of fused-ring (bicyclic) bond motifs is 1. The van der Waals surface area contributed by atoms with Gasteiger partial charge in [-0.1, -0.05) is 30.3 Å². The van der Waals surface area contributed by atoms with Crippen molar-refractivity contribution in [3.8, 4) is 17.0 Å². The minimum Gasteiger partial charge on any atom is -0.492 e. The number of rotatable bonds is 7. The van der Waals surface area contributed by atoms with Crippen LogP contribution in [0.4, 0.5) is 5.69 Å². The fraction of sp³-hybridized carbons (Fsp3) is 0.0833.